The van der Waals surface area contributed by atoms with E-state index in [0.717, 1.165) is 11.1 Å². The molecular formula is C20H21FO3. The van der Waals surface area contributed by atoms with Crippen LogP contribution in [-0.2, 0) is 27.5 Å². The molecule has 0 spiro atoms. The second-order valence-electron chi connectivity index (χ2n) is 6.08. The first-order valence-corrected chi connectivity index (χ1v) is 8.17. The number of carbonyl (C=O) groups is 1. The van der Waals surface area contributed by atoms with Gasteiger partial charge in [0, 0.05) is 5.92 Å². The molecule has 3 atom stereocenters. The van der Waals surface area contributed by atoms with E-state index < -0.39 is 18.0 Å². The van der Waals surface area contributed by atoms with E-state index in [1.54, 1.807) is 0 Å². The third-order valence-corrected chi connectivity index (χ3v) is 4.36. The molecular weight excluding hydrogens is 307 g/mol. The third-order valence-electron chi connectivity index (χ3n) is 4.36. The maximum absolute atomic E-state index is 13.8. The van der Waals surface area contributed by atoms with Gasteiger partial charge in [-0.3, -0.25) is 4.79 Å². The van der Waals surface area contributed by atoms with Crippen molar-refractivity contribution in [1.29, 1.82) is 0 Å². The molecule has 126 valence electrons. The molecule has 2 aromatic carbocycles. The summed E-state index contributed by atoms with van der Waals surface area (Å²) >= 11 is 0. The predicted molar refractivity (Wildman–Crippen MR) is 89.1 cm³/mol. The maximum atomic E-state index is 13.8. The largest absolute Gasteiger partial charge is 0.376 e. The first kappa shape index (κ1) is 16.8. The molecule has 1 fully saturated rings. The van der Waals surface area contributed by atoms with Crippen LogP contribution in [0.5, 0.6) is 0 Å². The number of hydrogen-bond donors (Lipinski definition) is 0. The van der Waals surface area contributed by atoms with Gasteiger partial charge in [-0.2, -0.15) is 0 Å². The van der Waals surface area contributed by atoms with Gasteiger partial charge in [-0.15, -0.1) is 0 Å². The lowest BCUT2D eigenvalue weighted by Crippen LogP contribution is -2.53. The van der Waals surface area contributed by atoms with Crippen LogP contribution in [0.15, 0.2) is 60.7 Å². The number of benzene rings is 2. The Labute approximate surface area is 141 Å². The molecule has 0 bridgehead atoms. The van der Waals surface area contributed by atoms with Crippen molar-refractivity contribution in [1.82, 2.24) is 0 Å². The average molecular weight is 328 g/mol. The smallest absolute Gasteiger partial charge is 0.173 e. The summed E-state index contributed by atoms with van der Waals surface area (Å²) in [5.74, 6) is -1.17. The predicted octanol–water partition coefficient (Wildman–Crippen LogP) is 3.57. The SMILES string of the molecule is O=C1C(COCc2ccccc2)C(COCc2ccccc2)[C@H]1F. The van der Waals surface area contributed by atoms with Gasteiger partial charge in [0.1, 0.15) is 0 Å². The lowest BCUT2D eigenvalue weighted by molar-refractivity contribution is -0.154. The molecule has 1 aliphatic rings. The molecule has 0 radical (unpaired) electrons. The summed E-state index contributed by atoms with van der Waals surface area (Å²) < 4.78 is 25.0. The normalized spacial score (nSPS) is 23.0. The molecule has 4 heteroatoms. The Morgan fingerprint density at radius 3 is 1.83 bits per heavy atom. The topological polar surface area (TPSA) is 35.5 Å². The lowest BCUT2D eigenvalue weighted by atomic mass is 9.71. The van der Waals surface area contributed by atoms with Gasteiger partial charge in [-0.25, -0.2) is 4.39 Å². The number of ketones is 1. The van der Waals surface area contributed by atoms with Gasteiger partial charge in [-0.05, 0) is 11.1 Å². The summed E-state index contributed by atoms with van der Waals surface area (Å²) in [5.41, 5.74) is 2.08. The zero-order valence-electron chi connectivity index (χ0n) is 13.4. The first-order chi connectivity index (χ1) is 11.8. The number of alkyl halides is 1. The van der Waals surface area contributed by atoms with Gasteiger partial charge in [-0.1, -0.05) is 60.7 Å². The second-order valence-corrected chi connectivity index (χ2v) is 6.08. The molecule has 0 heterocycles. The van der Waals surface area contributed by atoms with Gasteiger partial charge >= 0.3 is 0 Å². The summed E-state index contributed by atoms with van der Waals surface area (Å²) in [5, 5.41) is 0. The Morgan fingerprint density at radius 1 is 0.792 bits per heavy atom. The van der Waals surface area contributed by atoms with Crippen molar-refractivity contribution in [3.63, 3.8) is 0 Å². The summed E-state index contributed by atoms with van der Waals surface area (Å²) in [6.45, 7) is 1.34. The average Bonchev–Trinajstić information content (AvgIpc) is 2.64. The summed E-state index contributed by atoms with van der Waals surface area (Å²) in [4.78, 5) is 11.7. The fraction of sp³-hybridized carbons (Fsp3) is 0.350. The molecule has 2 unspecified atom stereocenters. The van der Waals surface area contributed by atoms with E-state index in [1.165, 1.54) is 0 Å². The van der Waals surface area contributed by atoms with E-state index in [9.17, 15) is 9.18 Å². The fourth-order valence-electron chi connectivity index (χ4n) is 2.88. The number of rotatable bonds is 8. The Kier molecular flexibility index (Phi) is 5.72. The summed E-state index contributed by atoms with van der Waals surface area (Å²) in [7, 11) is 0. The van der Waals surface area contributed by atoms with Gasteiger partial charge < -0.3 is 9.47 Å². The minimum Gasteiger partial charge on any atom is -0.376 e. The van der Waals surface area contributed by atoms with Crippen LogP contribution in [-0.4, -0.2) is 25.2 Å². The van der Waals surface area contributed by atoms with E-state index >= 15 is 0 Å². The standard InChI is InChI=1S/C20H21FO3/c21-19-17(13-23-11-15-7-3-1-4-8-15)18(20(19)22)14-24-12-16-9-5-2-6-10-16/h1-10,17-19H,11-14H2/t17?,18?,19-/m1/s1. The summed E-state index contributed by atoms with van der Waals surface area (Å²) in [6, 6.07) is 19.4. The van der Waals surface area contributed by atoms with E-state index in [2.05, 4.69) is 0 Å². The Hall–Kier alpha value is -2.04. The van der Waals surface area contributed by atoms with E-state index in [4.69, 9.17) is 9.47 Å². The minimum absolute atomic E-state index is 0.237. The lowest BCUT2D eigenvalue weighted by Gasteiger charge is -2.37. The monoisotopic (exact) mass is 328 g/mol. The highest BCUT2D eigenvalue weighted by Gasteiger charge is 2.50. The molecule has 24 heavy (non-hydrogen) atoms. The van der Waals surface area contributed by atoms with Gasteiger partial charge in [0.2, 0.25) is 0 Å². The van der Waals surface area contributed by atoms with Crippen molar-refractivity contribution in [2.75, 3.05) is 13.2 Å². The summed E-state index contributed by atoms with van der Waals surface area (Å²) in [6.07, 6.45) is -1.42. The Bertz CT molecular complexity index is 644. The minimum atomic E-state index is -1.42. The number of ether oxygens (including phenoxy) is 2. The van der Waals surface area contributed by atoms with Crippen LogP contribution >= 0.6 is 0 Å². The van der Waals surface area contributed by atoms with Crippen molar-refractivity contribution < 1.29 is 18.7 Å². The zero-order chi connectivity index (χ0) is 16.8. The number of Topliss-reactive ketones (excluding diaryl/α,β-unsaturated/α-hetero) is 1. The van der Waals surface area contributed by atoms with Crippen LogP contribution in [0.1, 0.15) is 11.1 Å². The van der Waals surface area contributed by atoms with Crippen LogP contribution < -0.4 is 0 Å². The Balaban J connectivity index is 1.43. The highest BCUT2D eigenvalue weighted by Crippen LogP contribution is 2.34. The van der Waals surface area contributed by atoms with E-state index in [0.29, 0.717) is 13.2 Å². The van der Waals surface area contributed by atoms with Gasteiger partial charge in [0.15, 0.2) is 12.0 Å². The van der Waals surface area contributed by atoms with Crippen LogP contribution in [0.25, 0.3) is 0 Å². The highest BCUT2D eigenvalue weighted by atomic mass is 19.1. The Morgan fingerprint density at radius 2 is 1.29 bits per heavy atom. The van der Waals surface area contributed by atoms with Crippen molar-refractivity contribution in [2.24, 2.45) is 11.8 Å². The van der Waals surface area contributed by atoms with E-state index in [-0.39, 0.29) is 19.0 Å². The van der Waals surface area contributed by atoms with Crippen LogP contribution in [0.3, 0.4) is 0 Å². The van der Waals surface area contributed by atoms with Crippen molar-refractivity contribution in [2.45, 2.75) is 19.4 Å². The molecule has 3 nitrogen and oxygen atoms in total. The van der Waals surface area contributed by atoms with E-state index in [1.807, 2.05) is 60.7 Å². The quantitative estimate of drug-likeness (QED) is 0.743. The second kappa shape index (κ2) is 8.18. The zero-order valence-corrected chi connectivity index (χ0v) is 13.4. The maximum Gasteiger partial charge on any atom is 0.173 e. The van der Waals surface area contributed by atoms with Crippen LogP contribution in [0, 0.1) is 11.8 Å². The van der Waals surface area contributed by atoms with Gasteiger partial charge in [0.25, 0.3) is 0 Å². The molecule has 0 amide bonds. The van der Waals surface area contributed by atoms with Crippen LogP contribution in [0.4, 0.5) is 4.39 Å². The molecule has 2 aromatic rings. The van der Waals surface area contributed by atoms with Gasteiger partial charge in [0.05, 0.1) is 32.3 Å². The first-order valence-electron chi connectivity index (χ1n) is 8.17. The third kappa shape index (κ3) is 4.08. The molecule has 0 N–H and O–H groups in total. The van der Waals surface area contributed by atoms with Crippen molar-refractivity contribution in [3.05, 3.63) is 71.8 Å². The van der Waals surface area contributed by atoms with Crippen molar-refractivity contribution in [3.8, 4) is 0 Å². The number of carbonyl (C=O) groups excluding carboxylic acids is 1. The number of halogens is 1. The molecule has 1 saturated carbocycles. The highest BCUT2D eigenvalue weighted by molar-refractivity contribution is 5.92. The molecule has 3 rings (SSSR count). The molecule has 0 aliphatic heterocycles. The van der Waals surface area contributed by atoms with Crippen molar-refractivity contribution >= 4 is 5.78 Å². The molecule has 0 saturated heterocycles. The number of hydrogen-bond acceptors (Lipinski definition) is 3. The van der Waals surface area contributed by atoms with Crippen LogP contribution in [0.2, 0.25) is 0 Å². The molecule has 0 aromatic heterocycles. The fourth-order valence-corrected chi connectivity index (χ4v) is 2.88. The molecule has 1 aliphatic carbocycles.